The zero-order chi connectivity index (χ0) is 27.6. The normalized spacial score (nSPS) is 12.0. The van der Waals surface area contributed by atoms with Gasteiger partial charge >= 0.3 is 0 Å². The predicted molar refractivity (Wildman–Crippen MR) is 172 cm³/mol. The molecule has 0 saturated heterocycles. The summed E-state index contributed by atoms with van der Waals surface area (Å²) in [6.07, 6.45) is 0. The van der Waals surface area contributed by atoms with Gasteiger partial charge in [0.25, 0.3) is 0 Å². The van der Waals surface area contributed by atoms with E-state index in [-0.39, 0.29) is 0 Å². The topological polar surface area (TPSA) is 27.1 Å². The summed E-state index contributed by atoms with van der Waals surface area (Å²) in [5.74, 6) is 2.57. The third-order valence-electron chi connectivity index (χ3n) is 8.37. The summed E-state index contributed by atoms with van der Waals surface area (Å²) in [7, 11) is 0. The second-order valence-corrected chi connectivity index (χ2v) is 10.8. The molecule has 0 saturated carbocycles. The first-order valence-corrected chi connectivity index (χ1v) is 14.2. The Labute approximate surface area is 242 Å². The molecule has 3 nitrogen and oxygen atoms in total. The first-order valence-electron chi connectivity index (χ1n) is 14.2. The molecular weight excluding hydrogens is 512 g/mol. The largest absolute Gasteiger partial charge is 0.453 e. The Morgan fingerprint density at radius 2 is 1.00 bits per heavy atom. The minimum atomic E-state index is 0.828. The molecule has 0 amide bonds. The highest BCUT2D eigenvalue weighted by atomic mass is 16.5. The van der Waals surface area contributed by atoms with E-state index < -0.39 is 0 Å². The summed E-state index contributed by atoms with van der Waals surface area (Å²) >= 11 is 0. The fourth-order valence-electron chi connectivity index (χ4n) is 6.62. The minimum Gasteiger partial charge on any atom is -0.453 e. The Hall–Kier alpha value is -5.67. The van der Waals surface area contributed by atoms with Gasteiger partial charge in [0.1, 0.15) is 11.3 Å². The van der Waals surface area contributed by atoms with E-state index in [4.69, 9.17) is 9.72 Å². The molecule has 42 heavy (non-hydrogen) atoms. The first-order chi connectivity index (χ1) is 20.8. The summed E-state index contributed by atoms with van der Waals surface area (Å²) in [4.78, 5) is 5.15. The average Bonchev–Trinajstić information content (AvgIpc) is 3.45. The van der Waals surface area contributed by atoms with Crippen molar-refractivity contribution in [2.75, 3.05) is 0 Å². The number of fused-ring (bicyclic) bond motifs is 4. The Kier molecular flexibility index (Phi) is 4.90. The molecule has 3 heteroatoms. The molecule has 9 rings (SSSR count). The van der Waals surface area contributed by atoms with Crippen LogP contribution in [0.3, 0.4) is 0 Å². The highest BCUT2D eigenvalue weighted by molar-refractivity contribution is 6.21. The van der Waals surface area contributed by atoms with Crippen LogP contribution in [0, 0.1) is 0 Å². The Morgan fingerprint density at radius 1 is 0.452 bits per heavy atom. The van der Waals surface area contributed by atoms with Crippen molar-refractivity contribution >= 4 is 32.6 Å². The van der Waals surface area contributed by atoms with E-state index in [0.29, 0.717) is 0 Å². The fraction of sp³-hybridized carbons (Fsp3) is 0. The lowest BCUT2D eigenvalue weighted by atomic mass is 9.86. The van der Waals surface area contributed by atoms with Crippen LogP contribution in [0.5, 0.6) is 11.5 Å². The number of para-hydroxylation sites is 3. The number of hydrogen-bond acceptors (Lipinski definition) is 2. The van der Waals surface area contributed by atoms with Gasteiger partial charge in [0.05, 0.1) is 11.2 Å². The maximum absolute atomic E-state index is 6.27. The van der Waals surface area contributed by atoms with Crippen LogP contribution in [0.15, 0.2) is 146 Å². The van der Waals surface area contributed by atoms with Gasteiger partial charge in [-0.1, -0.05) is 115 Å². The van der Waals surface area contributed by atoms with Crippen molar-refractivity contribution < 1.29 is 4.74 Å². The lowest BCUT2D eigenvalue weighted by molar-refractivity contribution is 0.476. The van der Waals surface area contributed by atoms with Crippen molar-refractivity contribution in [2.45, 2.75) is 0 Å². The number of hydrogen-bond donors (Lipinski definition) is 0. The zero-order valence-electron chi connectivity index (χ0n) is 22.7. The molecule has 0 N–H and O–H groups in total. The van der Waals surface area contributed by atoms with E-state index in [1.807, 2.05) is 24.3 Å². The lowest BCUT2D eigenvalue weighted by Crippen LogP contribution is -2.05. The summed E-state index contributed by atoms with van der Waals surface area (Å²) in [6, 6.07) is 51.4. The van der Waals surface area contributed by atoms with Crippen LogP contribution >= 0.6 is 0 Å². The maximum Gasteiger partial charge on any atom is 0.153 e. The molecule has 1 aromatic heterocycles. The van der Waals surface area contributed by atoms with E-state index in [1.165, 1.54) is 43.8 Å². The second kappa shape index (κ2) is 8.92. The molecule has 0 radical (unpaired) electrons. The van der Waals surface area contributed by atoms with Gasteiger partial charge in [-0.3, -0.25) is 4.57 Å². The van der Waals surface area contributed by atoms with Crippen LogP contribution in [0.2, 0.25) is 0 Å². The SMILES string of the molecule is c1ccc(-c2c3ccccc3c(-c3cccc(-c4nc5cccc6c5n4-c4ccccc4O6)c3)c3ccccc23)cc1. The first kappa shape index (κ1) is 23.1. The smallest absolute Gasteiger partial charge is 0.153 e. The van der Waals surface area contributed by atoms with E-state index in [0.717, 1.165) is 39.6 Å². The van der Waals surface area contributed by atoms with Crippen molar-refractivity contribution in [1.82, 2.24) is 9.55 Å². The Bertz CT molecular complexity index is 2280. The van der Waals surface area contributed by atoms with Crippen LogP contribution in [0.25, 0.3) is 71.9 Å². The van der Waals surface area contributed by atoms with E-state index in [9.17, 15) is 0 Å². The quantitative estimate of drug-likeness (QED) is 0.210. The van der Waals surface area contributed by atoms with Gasteiger partial charge in [-0.05, 0) is 74.1 Å². The number of nitrogens with zero attached hydrogens (tertiary/aromatic N) is 2. The van der Waals surface area contributed by atoms with Gasteiger partial charge in [0, 0.05) is 5.56 Å². The lowest BCUT2D eigenvalue weighted by Gasteiger charge is -2.21. The Morgan fingerprint density at radius 3 is 1.74 bits per heavy atom. The molecule has 0 spiro atoms. The summed E-state index contributed by atoms with van der Waals surface area (Å²) < 4.78 is 8.52. The summed E-state index contributed by atoms with van der Waals surface area (Å²) in [6.45, 7) is 0. The van der Waals surface area contributed by atoms with Gasteiger partial charge in [0.15, 0.2) is 11.5 Å². The third-order valence-corrected chi connectivity index (χ3v) is 8.37. The highest BCUT2D eigenvalue weighted by Crippen LogP contribution is 2.46. The third kappa shape index (κ3) is 3.31. The monoisotopic (exact) mass is 536 g/mol. The number of ether oxygens (including phenoxy) is 1. The van der Waals surface area contributed by atoms with Gasteiger partial charge in [0.2, 0.25) is 0 Å². The molecule has 2 heterocycles. The highest BCUT2D eigenvalue weighted by Gasteiger charge is 2.25. The molecular formula is C39H24N2O. The van der Waals surface area contributed by atoms with Crippen LogP contribution in [0.4, 0.5) is 0 Å². The molecule has 0 bridgehead atoms. The summed E-state index contributed by atoms with van der Waals surface area (Å²) in [5.41, 5.74) is 8.89. The van der Waals surface area contributed by atoms with Crippen molar-refractivity contribution in [3.05, 3.63) is 146 Å². The molecule has 7 aromatic carbocycles. The van der Waals surface area contributed by atoms with Gasteiger partial charge in [-0.15, -0.1) is 0 Å². The van der Waals surface area contributed by atoms with Gasteiger partial charge in [-0.2, -0.15) is 0 Å². The second-order valence-electron chi connectivity index (χ2n) is 10.8. The van der Waals surface area contributed by atoms with E-state index in [1.54, 1.807) is 0 Å². The van der Waals surface area contributed by atoms with E-state index in [2.05, 4.69) is 126 Å². The Balaban J connectivity index is 1.33. The molecule has 196 valence electrons. The minimum absolute atomic E-state index is 0.828. The molecule has 1 aliphatic heterocycles. The van der Waals surface area contributed by atoms with Crippen molar-refractivity contribution in [3.8, 4) is 50.8 Å². The average molecular weight is 537 g/mol. The van der Waals surface area contributed by atoms with Crippen molar-refractivity contribution in [3.63, 3.8) is 0 Å². The summed E-state index contributed by atoms with van der Waals surface area (Å²) in [5, 5.41) is 4.98. The predicted octanol–water partition coefficient (Wildman–Crippen LogP) is 10.4. The standard InChI is InChI=1S/C39H24N2O/c1-2-12-25(13-3-1)36-28-16-4-6-18-30(28)37(31-19-7-5-17-29(31)36)26-14-10-15-27(24-26)39-40-32-20-11-23-35-38(32)41(39)33-21-8-9-22-34(33)42-35/h1-24H. The zero-order valence-corrected chi connectivity index (χ0v) is 22.7. The van der Waals surface area contributed by atoms with Crippen molar-refractivity contribution in [1.29, 1.82) is 0 Å². The number of imidazole rings is 1. The van der Waals surface area contributed by atoms with Crippen molar-refractivity contribution in [2.24, 2.45) is 0 Å². The molecule has 8 aromatic rings. The van der Waals surface area contributed by atoms with Crippen LogP contribution < -0.4 is 4.74 Å². The van der Waals surface area contributed by atoms with Gasteiger partial charge < -0.3 is 4.74 Å². The molecule has 0 atom stereocenters. The molecule has 0 aliphatic carbocycles. The maximum atomic E-state index is 6.27. The molecule has 0 fully saturated rings. The van der Waals surface area contributed by atoms with Crippen LogP contribution in [-0.2, 0) is 0 Å². The molecule has 0 unspecified atom stereocenters. The number of rotatable bonds is 3. The van der Waals surface area contributed by atoms with Crippen LogP contribution in [-0.4, -0.2) is 9.55 Å². The number of benzene rings is 7. The number of aromatic nitrogens is 2. The van der Waals surface area contributed by atoms with Crippen LogP contribution in [0.1, 0.15) is 0 Å². The van der Waals surface area contributed by atoms with E-state index >= 15 is 0 Å². The fourth-order valence-corrected chi connectivity index (χ4v) is 6.62. The molecule has 1 aliphatic rings. The van der Waals surface area contributed by atoms with Gasteiger partial charge in [-0.25, -0.2) is 4.98 Å².